The second kappa shape index (κ2) is 5.12. The topological polar surface area (TPSA) is 20.2 Å². The average Bonchev–Trinajstić information content (AvgIpc) is 1.84. The number of halogens is 2. The maximum atomic E-state index is 9.11. The fraction of sp³-hybridized carbons (Fsp3) is 1.00. The fourth-order valence-corrected chi connectivity index (χ4v) is 1.85. The molecule has 0 saturated carbocycles. The summed E-state index contributed by atoms with van der Waals surface area (Å²) in [4.78, 5) is 0. The van der Waals surface area contributed by atoms with Gasteiger partial charge >= 0.3 is 0 Å². The van der Waals surface area contributed by atoms with Gasteiger partial charge in [-0.15, -0.1) is 0 Å². The van der Waals surface area contributed by atoms with Gasteiger partial charge in [-0.1, -0.05) is 52.1 Å². The van der Waals surface area contributed by atoms with Crippen LogP contribution in [0.2, 0.25) is 0 Å². The molecule has 3 heteroatoms. The van der Waals surface area contributed by atoms with Crippen LogP contribution in [0.25, 0.3) is 0 Å². The molecule has 3 unspecified atom stereocenters. The van der Waals surface area contributed by atoms with Crippen LogP contribution in [0, 0.1) is 5.92 Å². The molecule has 0 aliphatic carbocycles. The highest BCUT2D eigenvalue weighted by Gasteiger charge is 2.16. The Morgan fingerprint density at radius 3 is 2.00 bits per heavy atom. The van der Waals surface area contributed by atoms with Crippen LogP contribution in [0.15, 0.2) is 0 Å². The van der Waals surface area contributed by atoms with Gasteiger partial charge in [0.25, 0.3) is 0 Å². The Labute approximate surface area is 83.9 Å². The lowest BCUT2D eigenvalue weighted by atomic mass is 10.0. The van der Waals surface area contributed by atoms with Crippen molar-refractivity contribution in [3.63, 3.8) is 0 Å². The van der Waals surface area contributed by atoms with Crippen LogP contribution in [0.4, 0.5) is 0 Å². The number of aliphatic hydroxyl groups is 1. The highest BCUT2D eigenvalue weighted by molar-refractivity contribution is 14.1. The first-order chi connectivity index (χ1) is 4.09. The minimum absolute atomic E-state index is 0.165. The number of alkyl halides is 2. The van der Waals surface area contributed by atoms with Crippen molar-refractivity contribution in [1.29, 1.82) is 0 Å². The molecule has 0 aromatic heterocycles. The molecule has 0 aliphatic rings. The maximum Gasteiger partial charge on any atom is 0.0547 e. The summed E-state index contributed by atoms with van der Waals surface area (Å²) in [5.74, 6) is 0.419. The Kier molecular flexibility index (Phi) is 5.93. The zero-order valence-corrected chi connectivity index (χ0v) is 9.96. The highest BCUT2D eigenvalue weighted by Crippen LogP contribution is 2.18. The first-order valence-electron chi connectivity index (χ1n) is 2.97. The van der Waals surface area contributed by atoms with E-state index in [0.29, 0.717) is 9.84 Å². The summed E-state index contributed by atoms with van der Waals surface area (Å²) < 4.78 is 1.72. The maximum absolute atomic E-state index is 9.11. The minimum Gasteiger partial charge on any atom is -0.393 e. The summed E-state index contributed by atoms with van der Waals surface area (Å²) in [5.41, 5.74) is 0. The van der Waals surface area contributed by atoms with E-state index in [0.717, 1.165) is 4.43 Å². The Balaban J connectivity index is 3.58. The second-order valence-electron chi connectivity index (χ2n) is 2.27. The third kappa shape index (κ3) is 3.98. The summed E-state index contributed by atoms with van der Waals surface area (Å²) >= 11 is 4.72. The van der Waals surface area contributed by atoms with Gasteiger partial charge in [0, 0.05) is 8.35 Å². The number of hydrogen-bond acceptors (Lipinski definition) is 1. The van der Waals surface area contributed by atoms with Crippen LogP contribution >= 0.6 is 45.2 Å². The molecule has 1 N–H and O–H groups in total. The molecule has 0 saturated heterocycles. The largest absolute Gasteiger partial charge is 0.393 e. The number of rotatable bonds is 3. The van der Waals surface area contributed by atoms with Gasteiger partial charge in [0.15, 0.2) is 0 Å². The van der Waals surface area contributed by atoms with Crippen LogP contribution < -0.4 is 0 Å². The normalized spacial score (nSPS) is 21.0. The molecule has 3 atom stereocenters. The van der Waals surface area contributed by atoms with Crippen molar-refractivity contribution in [2.24, 2.45) is 5.92 Å². The third-order valence-electron chi connectivity index (χ3n) is 1.48. The molecular weight excluding hydrogens is 342 g/mol. The van der Waals surface area contributed by atoms with Crippen LogP contribution in [0.5, 0.6) is 0 Å². The molecule has 0 amide bonds. The Bertz CT molecular complexity index is 75.5. The molecule has 0 heterocycles. The van der Waals surface area contributed by atoms with Gasteiger partial charge in [0.1, 0.15) is 0 Å². The van der Waals surface area contributed by atoms with Crippen molar-refractivity contribution in [1.82, 2.24) is 0 Å². The van der Waals surface area contributed by atoms with Gasteiger partial charge in [0.05, 0.1) is 6.10 Å². The van der Waals surface area contributed by atoms with E-state index in [1.807, 2.05) is 6.92 Å². The van der Waals surface area contributed by atoms with E-state index in [2.05, 4.69) is 52.1 Å². The van der Waals surface area contributed by atoms with E-state index < -0.39 is 0 Å². The fourth-order valence-electron chi connectivity index (χ4n) is 0.443. The minimum atomic E-state index is -0.165. The number of hydrogen-bond donors (Lipinski definition) is 1. The van der Waals surface area contributed by atoms with Gasteiger partial charge in [-0.3, -0.25) is 0 Å². The van der Waals surface area contributed by atoms with E-state index in [1.54, 1.807) is 0 Å². The molecule has 0 aromatic rings. The Morgan fingerprint density at radius 1 is 1.44 bits per heavy atom. The predicted octanol–water partition coefficient (Wildman–Crippen LogP) is 2.24. The van der Waals surface area contributed by atoms with E-state index in [4.69, 9.17) is 5.11 Å². The summed E-state index contributed by atoms with van der Waals surface area (Å²) in [6, 6.07) is 0. The monoisotopic (exact) mass is 354 g/mol. The first kappa shape index (κ1) is 10.4. The molecule has 0 bridgehead atoms. The van der Waals surface area contributed by atoms with E-state index in [9.17, 15) is 0 Å². The molecule has 0 aromatic carbocycles. The standard InChI is InChI=1S/C6H12I2O/c1-4(5(2)9)6(8)3-7/h4-6,9H,3H2,1-2H3. The van der Waals surface area contributed by atoms with Gasteiger partial charge < -0.3 is 5.11 Å². The summed E-state index contributed by atoms with van der Waals surface area (Å²) in [5, 5.41) is 9.11. The summed E-state index contributed by atoms with van der Waals surface area (Å²) in [6.07, 6.45) is -0.165. The van der Waals surface area contributed by atoms with Gasteiger partial charge in [-0.05, 0) is 12.8 Å². The van der Waals surface area contributed by atoms with Crippen LogP contribution in [-0.4, -0.2) is 19.6 Å². The molecule has 0 rings (SSSR count). The predicted molar refractivity (Wildman–Crippen MR) is 57.5 cm³/mol. The zero-order valence-electron chi connectivity index (χ0n) is 5.64. The quantitative estimate of drug-likeness (QED) is 0.609. The Morgan fingerprint density at radius 2 is 1.89 bits per heavy atom. The molecule has 56 valence electrons. The summed E-state index contributed by atoms with van der Waals surface area (Å²) in [7, 11) is 0. The van der Waals surface area contributed by atoms with Gasteiger partial charge in [-0.2, -0.15) is 0 Å². The smallest absolute Gasteiger partial charge is 0.0547 e. The molecule has 0 fully saturated rings. The van der Waals surface area contributed by atoms with E-state index >= 15 is 0 Å². The van der Waals surface area contributed by atoms with E-state index in [1.165, 1.54) is 0 Å². The lowest BCUT2D eigenvalue weighted by molar-refractivity contribution is 0.139. The second-order valence-corrected chi connectivity index (χ2v) is 4.75. The Hall–Kier alpha value is 1.42. The molecule has 0 aliphatic heterocycles. The number of aliphatic hydroxyl groups excluding tert-OH is 1. The van der Waals surface area contributed by atoms with Crippen LogP contribution in [0.3, 0.4) is 0 Å². The first-order valence-corrected chi connectivity index (χ1v) is 5.74. The van der Waals surface area contributed by atoms with Gasteiger partial charge in [0.2, 0.25) is 0 Å². The summed E-state index contributed by atoms with van der Waals surface area (Å²) in [6.45, 7) is 3.93. The lowest BCUT2D eigenvalue weighted by Gasteiger charge is -2.18. The molecule has 0 spiro atoms. The molecule has 1 nitrogen and oxygen atoms in total. The zero-order chi connectivity index (χ0) is 7.44. The van der Waals surface area contributed by atoms with Crippen molar-refractivity contribution in [2.45, 2.75) is 23.9 Å². The third-order valence-corrected chi connectivity index (χ3v) is 5.69. The van der Waals surface area contributed by atoms with Crippen molar-refractivity contribution < 1.29 is 5.11 Å². The molecule has 0 radical (unpaired) electrons. The van der Waals surface area contributed by atoms with Crippen LogP contribution in [-0.2, 0) is 0 Å². The lowest BCUT2D eigenvalue weighted by Crippen LogP contribution is -2.23. The molecular formula is C6H12I2O. The van der Waals surface area contributed by atoms with E-state index in [-0.39, 0.29) is 6.10 Å². The van der Waals surface area contributed by atoms with Crippen molar-refractivity contribution in [3.05, 3.63) is 0 Å². The van der Waals surface area contributed by atoms with Crippen molar-refractivity contribution >= 4 is 45.2 Å². The van der Waals surface area contributed by atoms with Gasteiger partial charge in [-0.25, -0.2) is 0 Å². The average molecular weight is 354 g/mol. The van der Waals surface area contributed by atoms with Crippen molar-refractivity contribution in [3.8, 4) is 0 Å². The van der Waals surface area contributed by atoms with Crippen molar-refractivity contribution in [2.75, 3.05) is 4.43 Å². The highest BCUT2D eigenvalue weighted by atomic mass is 127. The molecule has 9 heavy (non-hydrogen) atoms. The van der Waals surface area contributed by atoms with Crippen LogP contribution in [0.1, 0.15) is 13.8 Å². The SMILES string of the molecule is CC(O)C(C)C(I)CI.